The second kappa shape index (κ2) is 52.0. The van der Waals surface area contributed by atoms with Gasteiger partial charge in [-0.1, -0.05) is 89.3 Å². The summed E-state index contributed by atoms with van der Waals surface area (Å²) in [5, 5.41) is 32.7. The van der Waals surface area contributed by atoms with Crippen molar-refractivity contribution in [1.29, 1.82) is 0 Å². The van der Waals surface area contributed by atoms with E-state index in [2.05, 4.69) is 139 Å². The first-order valence-corrected chi connectivity index (χ1v) is 29.7. The standard InChI is InChI=1S/C8H18N2S.2C7H16N2S.C6H14N2S.C5H10N2S.C4H8N2S.C3H5N3S/c1-6(2)9-8(11-5)10-7(3)4;1-5-8-7(10-4)9-6(2)3;1-4-6-9-7(10-3)8-5-2;1-4-7-6(9-3)8-5-2;1-8-5-6-3-2-4-7-5;1-7-4-5-2-3-6-4;1-7-3-4-2-5-6-3/h6-7H,1-5H3,(H,9,10);6H,5H2,1-4H3,(H,8,9);4-6H2,1-3H3,(H,8,9);4-5H2,1-3H3,(H,7,8);2-4H2,1H3,(H,6,7);2-3H2,1H3,(H,5,6);2H,1H3,(H,4,5,6). The summed E-state index contributed by atoms with van der Waals surface area (Å²) in [6.07, 6.45) is 17.9. The van der Waals surface area contributed by atoms with Gasteiger partial charge in [-0.15, -0.1) is 0 Å². The number of thioether (sulfide) groups is 7. The van der Waals surface area contributed by atoms with Crippen molar-refractivity contribution in [3.63, 3.8) is 0 Å². The fourth-order valence-corrected chi connectivity index (χ4v) is 7.26. The molecular weight excluding hydrogens is 915 g/mol. The molecule has 0 bridgehead atoms. The van der Waals surface area contributed by atoms with Gasteiger partial charge in [0, 0.05) is 70.5 Å². The maximum atomic E-state index is 4.40. The number of H-pyrrole nitrogens is 1. The predicted octanol–water partition coefficient (Wildman–Crippen LogP) is 8.43. The van der Waals surface area contributed by atoms with E-state index in [1.165, 1.54) is 12.7 Å². The summed E-state index contributed by atoms with van der Waals surface area (Å²) in [6, 6.07) is 1.33. The summed E-state index contributed by atoms with van der Waals surface area (Å²) in [5.74, 6) is 0. The third-order valence-corrected chi connectivity index (χ3v) is 10.7. The molecule has 7 N–H and O–H groups in total. The smallest absolute Gasteiger partial charge is 0.183 e. The second-order valence-corrected chi connectivity index (χ2v) is 18.3. The first kappa shape index (κ1) is 67.0. The van der Waals surface area contributed by atoms with Gasteiger partial charge in [0.15, 0.2) is 36.2 Å². The minimum absolute atomic E-state index is 0.378. The zero-order chi connectivity index (χ0) is 47.8. The molecule has 0 aliphatic carbocycles. The van der Waals surface area contributed by atoms with Crippen LogP contribution in [0.2, 0.25) is 0 Å². The lowest BCUT2D eigenvalue weighted by Gasteiger charge is -2.11. The van der Waals surface area contributed by atoms with Gasteiger partial charge in [-0.25, -0.2) is 4.98 Å². The van der Waals surface area contributed by atoms with Crippen LogP contribution in [0, 0.1) is 0 Å². The van der Waals surface area contributed by atoms with Crippen molar-refractivity contribution in [3.8, 4) is 0 Å². The number of nitrogens with zero attached hydrogens (tertiary/aromatic N) is 8. The highest BCUT2D eigenvalue weighted by Crippen LogP contribution is 2.03. The summed E-state index contributed by atoms with van der Waals surface area (Å²) >= 11 is 11.6. The predicted molar refractivity (Wildman–Crippen MR) is 299 cm³/mol. The van der Waals surface area contributed by atoms with E-state index in [4.69, 9.17) is 0 Å². The van der Waals surface area contributed by atoms with Crippen LogP contribution < -0.4 is 31.9 Å². The lowest BCUT2D eigenvalue weighted by Crippen LogP contribution is -2.28. The Morgan fingerprint density at radius 3 is 1.42 bits per heavy atom. The van der Waals surface area contributed by atoms with Gasteiger partial charge in [0.2, 0.25) is 0 Å². The minimum Gasteiger partial charge on any atom is -0.365 e. The molecule has 1 aromatic rings. The summed E-state index contributed by atoms with van der Waals surface area (Å²) in [6.45, 7) is 31.6. The number of rotatable bonds is 10. The molecule has 3 rings (SSSR count). The monoisotopic (exact) mass is 1000 g/mol. The zero-order valence-electron chi connectivity index (χ0n) is 41.5. The van der Waals surface area contributed by atoms with Crippen LogP contribution in [0.25, 0.3) is 0 Å². The van der Waals surface area contributed by atoms with Gasteiger partial charge in [-0.05, 0) is 126 Å². The van der Waals surface area contributed by atoms with Crippen molar-refractivity contribution in [1.82, 2.24) is 47.1 Å². The van der Waals surface area contributed by atoms with Gasteiger partial charge in [0.1, 0.15) is 6.33 Å². The molecule has 2 aliphatic rings. The van der Waals surface area contributed by atoms with Crippen LogP contribution in [0.5, 0.6) is 0 Å². The van der Waals surface area contributed by atoms with E-state index in [-0.39, 0.29) is 0 Å². The molecule has 62 heavy (non-hydrogen) atoms. The van der Waals surface area contributed by atoms with Crippen molar-refractivity contribution >= 4 is 113 Å². The van der Waals surface area contributed by atoms with E-state index in [1.807, 2.05) is 57.6 Å². The van der Waals surface area contributed by atoms with Gasteiger partial charge in [-0.3, -0.25) is 35.1 Å². The lowest BCUT2D eigenvalue weighted by molar-refractivity contribution is 0.728. The molecule has 0 fully saturated rings. The van der Waals surface area contributed by atoms with Crippen LogP contribution in [-0.2, 0) is 0 Å². The molecule has 0 radical (unpaired) electrons. The Bertz CT molecular complexity index is 1290. The topological polar surface area (TPSA) is 188 Å². The van der Waals surface area contributed by atoms with E-state index >= 15 is 0 Å². The van der Waals surface area contributed by atoms with E-state index in [1.54, 1.807) is 82.3 Å². The molecule has 0 saturated carbocycles. The van der Waals surface area contributed by atoms with Crippen LogP contribution in [0.4, 0.5) is 0 Å². The number of hydrogen-bond acceptors (Lipinski definition) is 17. The van der Waals surface area contributed by atoms with Gasteiger partial charge < -0.3 is 31.9 Å². The molecular formula is C40H87N15S7. The quantitative estimate of drug-likeness (QED) is 0.0672. The molecule has 0 unspecified atom stereocenters. The SMILES string of the molecule is CCCN=C(NCC)SC.CCN=C(NC(C)C)SC.CCN=C(NCC)SC.CSC(=NC(C)C)NC(C)C.CSC1=NCCCN1.CSC1=NCCN1.CSc1ncn[nH]1. The maximum absolute atomic E-state index is 4.40. The number of amidine groups is 6. The largest absolute Gasteiger partial charge is 0.365 e. The Balaban J connectivity index is -0.000000318. The first-order valence-electron chi connectivity index (χ1n) is 21.2. The molecule has 0 aromatic carbocycles. The third kappa shape index (κ3) is 49.4. The fraction of sp³-hybridized carbons (Fsp3) is 0.800. The van der Waals surface area contributed by atoms with Crippen LogP contribution in [0.1, 0.15) is 89.0 Å². The summed E-state index contributed by atoms with van der Waals surface area (Å²) in [5.41, 5.74) is 0. The molecule has 22 heteroatoms. The van der Waals surface area contributed by atoms with Crippen molar-refractivity contribution in [2.45, 2.75) is 112 Å². The highest BCUT2D eigenvalue weighted by Gasteiger charge is 2.01. The summed E-state index contributed by atoms with van der Waals surface area (Å²) in [4.78, 5) is 29.3. The Labute approximate surface area is 408 Å². The average molecular weight is 1000 g/mol. The van der Waals surface area contributed by atoms with E-state index < -0.39 is 0 Å². The molecule has 364 valence electrons. The molecule has 0 amide bonds. The van der Waals surface area contributed by atoms with Crippen molar-refractivity contribution in [2.24, 2.45) is 30.0 Å². The summed E-state index contributed by atoms with van der Waals surface area (Å²) < 4.78 is 0. The zero-order valence-corrected chi connectivity index (χ0v) is 47.2. The van der Waals surface area contributed by atoms with Crippen LogP contribution in [0.15, 0.2) is 41.4 Å². The lowest BCUT2D eigenvalue weighted by atomic mass is 10.4. The Kier molecular flexibility index (Phi) is 56.2. The molecule has 1 aromatic heterocycles. The van der Waals surface area contributed by atoms with E-state index in [0.29, 0.717) is 18.1 Å². The van der Waals surface area contributed by atoms with Gasteiger partial charge >= 0.3 is 0 Å². The number of nitrogens with one attached hydrogen (secondary N) is 7. The number of aliphatic imine (C=N–C) groups is 6. The maximum Gasteiger partial charge on any atom is 0.183 e. The molecule has 2 aliphatic heterocycles. The molecule has 0 atom stereocenters. The van der Waals surface area contributed by atoms with Crippen LogP contribution in [-0.4, -0.2) is 167 Å². The highest BCUT2D eigenvalue weighted by molar-refractivity contribution is 8.14. The third-order valence-electron chi connectivity index (χ3n) is 6.19. The first-order chi connectivity index (χ1) is 29.7. The second-order valence-electron chi connectivity index (χ2n) is 12.7. The number of hydrogen-bond donors (Lipinski definition) is 7. The molecule has 3 heterocycles. The van der Waals surface area contributed by atoms with Crippen molar-refractivity contribution < 1.29 is 0 Å². The van der Waals surface area contributed by atoms with Gasteiger partial charge in [0.25, 0.3) is 0 Å². The van der Waals surface area contributed by atoms with Crippen molar-refractivity contribution in [3.05, 3.63) is 6.33 Å². The number of aromatic nitrogens is 3. The molecule has 0 spiro atoms. The Hall–Kier alpha value is -1.59. The molecule has 0 saturated heterocycles. The van der Waals surface area contributed by atoms with Crippen LogP contribution >= 0.6 is 82.3 Å². The normalized spacial score (nSPS) is 13.5. The van der Waals surface area contributed by atoms with Gasteiger partial charge in [0.05, 0.1) is 6.54 Å². The van der Waals surface area contributed by atoms with Crippen molar-refractivity contribution in [2.75, 3.05) is 103 Å². The average Bonchev–Trinajstić information content (AvgIpc) is 4.01. The number of aromatic amines is 1. The molecule has 15 nitrogen and oxygen atoms in total. The van der Waals surface area contributed by atoms with E-state index in [9.17, 15) is 0 Å². The summed E-state index contributed by atoms with van der Waals surface area (Å²) in [7, 11) is 0. The Morgan fingerprint density at radius 1 is 0.629 bits per heavy atom. The van der Waals surface area contributed by atoms with Crippen LogP contribution in [0.3, 0.4) is 0 Å². The van der Waals surface area contributed by atoms with E-state index in [0.717, 1.165) is 101 Å². The highest BCUT2D eigenvalue weighted by atomic mass is 32.2. The minimum atomic E-state index is 0.378. The van der Waals surface area contributed by atoms with Gasteiger partial charge in [-0.2, -0.15) is 5.10 Å². The fourth-order valence-electron chi connectivity index (χ4n) is 3.69. The Morgan fingerprint density at radius 2 is 1.11 bits per heavy atom.